The minimum absolute atomic E-state index is 0.0555. The molecule has 2 aromatic carbocycles. The van der Waals surface area contributed by atoms with E-state index in [0.29, 0.717) is 28.6 Å². The van der Waals surface area contributed by atoms with Crippen molar-refractivity contribution in [3.05, 3.63) is 87.8 Å². The summed E-state index contributed by atoms with van der Waals surface area (Å²) in [6.07, 6.45) is 1.45. The van der Waals surface area contributed by atoms with Crippen molar-refractivity contribution in [1.29, 1.82) is 0 Å². The molecule has 0 bridgehead atoms. The Morgan fingerprint density at radius 2 is 1.85 bits per heavy atom. The molecule has 1 amide bonds. The molecule has 0 saturated heterocycles. The number of hydrogen-bond donors (Lipinski definition) is 2. The molecule has 0 radical (unpaired) electrons. The first-order valence-corrected chi connectivity index (χ1v) is 8.48. The molecule has 2 N–H and O–H groups in total. The smallest absolute Gasteiger partial charge is 0.257 e. The lowest BCUT2D eigenvalue weighted by atomic mass is 10.2. The molecule has 0 unspecified atom stereocenters. The Kier molecular flexibility index (Phi) is 5.71. The minimum Gasteiger partial charge on any atom is -0.366 e. The number of halogens is 3. The lowest BCUT2D eigenvalue weighted by Crippen LogP contribution is -2.12. The Balaban J connectivity index is 1.62. The van der Waals surface area contributed by atoms with Crippen LogP contribution in [-0.2, 0) is 6.54 Å². The summed E-state index contributed by atoms with van der Waals surface area (Å²) in [5, 5.41) is 6.41. The Labute approximate surface area is 160 Å². The number of amides is 1. The molecule has 7 heteroatoms. The highest BCUT2D eigenvalue weighted by atomic mass is 35.5. The summed E-state index contributed by atoms with van der Waals surface area (Å²) in [7, 11) is 0. The molecular weight excluding hydrogens is 376 g/mol. The maximum atomic E-state index is 13.2. The van der Waals surface area contributed by atoms with E-state index in [-0.39, 0.29) is 10.9 Å². The normalized spacial score (nSPS) is 10.4. The molecule has 3 rings (SSSR count). The highest BCUT2D eigenvalue weighted by Crippen LogP contribution is 2.20. The second-order valence-electron chi connectivity index (χ2n) is 5.46. The SMILES string of the molecule is O=C(Nc1ccc(F)c(Cl)c1)c1ccc(NCc2ccccc2Cl)nc1. The zero-order chi connectivity index (χ0) is 18.5. The van der Waals surface area contributed by atoms with Crippen LogP contribution >= 0.6 is 23.2 Å². The maximum Gasteiger partial charge on any atom is 0.257 e. The molecule has 26 heavy (non-hydrogen) atoms. The highest BCUT2D eigenvalue weighted by Gasteiger charge is 2.09. The van der Waals surface area contributed by atoms with Gasteiger partial charge in [0.2, 0.25) is 0 Å². The number of hydrogen-bond acceptors (Lipinski definition) is 3. The largest absolute Gasteiger partial charge is 0.366 e. The van der Waals surface area contributed by atoms with Crippen LogP contribution in [-0.4, -0.2) is 10.9 Å². The Morgan fingerprint density at radius 1 is 1.04 bits per heavy atom. The number of pyridine rings is 1. The number of benzene rings is 2. The number of aromatic nitrogens is 1. The zero-order valence-electron chi connectivity index (χ0n) is 13.5. The Hall–Kier alpha value is -2.63. The van der Waals surface area contributed by atoms with Crippen molar-refractivity contribution in [3.8, 4) is 0 Å². The molecule has 3 aromatic rings. The van der Waals surface area contributed by atoms with Crippen LogP contribution in [0, 0.1) is 5.82 Å². The van der Waals surface area contributed by atoms with Gasteiger partial charge >= 0.3 is 0 Å². The van der Waals surface area contributed by atoms with Crippen molar-refractivity contribution in [3.63, 3.8) is 0 Å². The first kappa shape index (κ1) is 18.2. The van der Waals surface area contributed by atoms with Crippen LogP contribution < -0.4 is 10.6 Å². The summed E-state index contributed by atoms with van der Waals surface area (Å²) in [4.78, 5) is 16.4. The summed E-state index contributed by atoms with van der Waals surface area (Å²) in [5.41, 5.74) is 1.72. The van der Waals surface area contributed by atoms with Gasteiger partial charge in [-0.15, -0.1) is 0 Å². The van der Waals surface area contributed by atoms with Crippen molar-refractivity contribution in [2.45, 2.75) is 6.54 Å². The van der Waals surface area contributed by atoms with Gasteiger partial charge in [-0.3, -0.25) is 4.79 Å². The topological polar surface area (TPSA) is 54.0 Å². The quantitative estimate of drug-likeness (QED) is 0.614. The number of carbonyl (C=O) groups excluding carboxylic acids is 1. The number of anilines is 2. The monoisotopic (exact) mass is 389 g/mol. The number of nitrogens with zero attached hydrogens (tertiary/aromatic N) is 1. The third kappa shape index (κ3) is 4.50. The van der Waals surface area contributed by atoms with E-state index in [4.69, 9.17) is 23.2 Å². The van der Waals surface area contributed by atoms with Gasteiger partial charge in [-0.1, -0.05) is 41.4 Å². The molecule has 0 aliphatic heterocycles. The van der Waals surface area contributed by atoms with Gasteiger partial charge in [0.05, 0.1) is 10.6 Å². The molecule has 132 valence electrons. The van der Waals surface area contributed by atoms with Crippen LogP contribution in [0.3, 0.4) is 0 Å². The van der Waals surface area contributed by atoms with Crippen molar-refractivity contribution < 1.29 is 9.18 Å². The van der Waals surface area contributed by atoms with Gasteiger partial charge in [0.15, 0.2) is 0 Å². The number of nitrogens with one attached hydrogen (secondary N) is 2. The van der Waals surface area contributed by atoms with Gasteiger partial charge in [-0.2, -0.15) is 0 Å². The van der Waals surface area contributed by atoms with Gasteiger partial charge in [0.25, 0.3) is 5.91 Å². The van der Waals surface area contributed by atoms with Crippen molar-refractivity contribution in [2.24, 2.45) is 0 Å². The molecule has 1 heterocycles. The van der Waals surface area contributed by atoms with Gasteiger partial charge in [-0.25, -0.2) is 9.37 Å². The second-order valence-corrected chi connectivity index (χ2v) is 6.27. The van der Waals surface area contributed by atoms with Crippen LogP contribution in [0.15, 0.2) is 60.8 Å². The predicted molar refractivity (Wildman–Crippen MR) is 102 cm³/mol. The molecule has 0 spiro atoms. The number of rotatable bonds is 5. The molecule has 0 saturated carbocycles. The summed E-state index contributed by atoms with van der Waals surface area (Å²) >= 11 is 11.8. The standard InChI is InChI=1S/C19H14Cl2FN3O/c20-15-4-2-1-3-12(15)10-23-18-8-5-13(11-24-18)19(26)25-14-6-7-17(22)16(21)9-14/h1-9,11H,10H2,(H,23,24)(H,25,26). The molecule has 0 aliphatic rings. The van der Waals surface area contributed by atoms with Crippen LogP contribution in [0.4, 0.5) is 15.9 Å². The Bertz CT molecular complexity index is 932. The summed E-state index contributed by atoms with van der Waals surface area (Å²) < 4.78 is 13.2. The van der Waals surface area contributed by atoms with Gasteiger partial charge in [-0.05, 0) is 42.0 Å². The minimum atomic E-state index is -0.541. The lowest BCUT2D eigenvalue weighted by molar-refractivity contribution is 0.102. The van der Waals surface area contributed by atoms with Crippen molar-refractivity contribution in [1.82, 2.24) is 4.98 Å². The number of carbonyl (C=O) groups is 1. The van der Waals surface area contributed by atoms with Gasteiger partial charge in [0, 0.05) is 23.5 Å². The molecular formula is C19H14Cl2FN3O. The van der Waals surface area contributed by atoms with Gasteiger partial charge < -0.3 is 10.6 Å². The fourth-order valence-corrected chi connectivity index (χ4v) is 2.62. The van der Waals surface area contributed by atoms with Gasteiger partial charge in [0.1, 0.15) is 11.6 Å². The van der Waals surface area contributed by atoms with E-state index in [0.717, 1.165) is 5.56 Å². The summed E-state index contributed by atoms with van der Waals surface area (Å²) in [6.45, 7) is 0.520. The fourth-order valence-electron chi connectivity index (χ4n) is 2.24. The molecule has 1 aromatic heterocycles. The summed E-state index contributed by atoms with van der Waals surface area (Å²) in [5.74, 6) is -0.288. The van der Waals surface area contributed by atoms with Crippen molar-refractivity contribution in [2.75, 3.05) is 10.6 Å². The van der Waals surface area contributed by atoms with E-state index in [1.807, 2.05) is 24.3 Å². The lowest BCUT2D eigenvalue weighted by Gasteiger charge is -2.09. The predicted octanol–water partition coefficient (Wildman–Crippen LogP) is 5.39. The maximum absolute atomic E-state index is 13.2. The van der Waals surface area contributed by atoms with E-state index in [9.17, 15) is 9.18 Å². The van der Waals surface area contributed by atoms with E-state index in [2.05, 4.69) is 15.6 Å². The van der Waals surface area contributed by atoms with E-state index in [1.165, 1.54) is 24.4 Å². The van der Waals surface area contributed by atoms with E-state index < -0.39 is 5.82 Å². The van der Waals surface area contributed by atoms with E-state index >= 15 is 0 Å². The average Bonchev–Trinajstić information content (AvgIpc) is 2.64. The molecule has 0 atom stereocenters. The zero-order valence-corrected chi connectivity index (χ0v) is 15.0. The molecule has 0 fully saturated rings. The van der Waals surface area contributed by atoms with Crippen LogP contribution in [0.1, 0.15) is 15.9 Å². The van der Waals surface area contributed by atoms with Crippen LogP contribution in [0.5, 0.6) is 0 Å². The average molecular weight is 390 g/mol. The highest BCUT2D eigenvalue weighted by molar-refractivity contribution is 6.31. The van der Waals surface area contributed by atoms with Crippen LogP contribution in [0.25, 0.3) is 0 Å². The van der Waals surface area contributed by atoms with Crippen molar-refractivity contribution >= 4 is 40.6 Å². The van der Waals surface area contributed by atoms with E-state index in [1.54, 1.807) is 12.1 Å². The first-order chi connectivity index (χ1) is 12.5. The first-order valence-electron chi connectivity index (χ1n) is 7.72. The summed E-state index contributed by atoms with van der Waals surface area (Å²) in [6, 6.07) is 14.8. The Morgan fingerprint density at radius 3 is 2.54 bits per heavy atom. The molecule has 4 nitrogen and oxygen atoms in total. The third-order valence-electron chi connectivity index (χ3n) is 3.62. The fraction of sp³-hybridized carbons (Fsp3) is 0.0526. The second kappa shape index (κ2) is 8.17. The molecule has 0 aliphatic carbocycles. The third-order valence-corrected chi connectivity index (χ3v) is 4.28. The van der Waals surface area contributed by atoms with Crippen LogP contribution in [0.2, 0.25) is 10.0 Å².